The molecule has 0 amide bonds. The molecule has 0 spiro atoms. The summed E-state index contributed by atoms with van der Waals surface area (Å²) in [7, 11) is 0. The van der Waals surface area contributed by atoms with E-state index in [0.717, 1.165) is 0 Å². The van der Waals surface area contributed by atoms with Gasteiger partial charge < -0.3 is 9.66 Å². The zero-order valence-electron chi connectivity index (χ0n) is 6.49. The molecule has 0 radical (unpaired) electrons. The van der Waals surface area contributed by atoms with Gasteiger partial charge in [0.1, 0.15) is 11.4 Å². The summed E-state index contributed by atoms with van der Waals surface area (Å²) >= 11 is -2.93. The van der Waals surface area contributed by atoms with Gasteiger partial charge in [0.2, 0.25) is 0 Å². The van der Waals surface area contributed by atoms with E-state index in [-0.39, 0.29) is 0 Å². The van der Waals surface area contributed by atoms with Crippen molar-refractivity contribution in [2.75, 3.05) is 0 Å². The number of hydrogen-bond donors (Lipinski definition) is 1. The zero-order valence-corrected chi connectivity index (χ0v) is 7.31. The van der Waals surface area contributed by atoms with Crippen LogP contribution >= 0.6 is 0 Å². The summed E-state index contributed by atoms with van der Waals surface area (Å²) in [6.45, 7) is 0. The lowest BCUT2D eigenvalue weighted by atomic mass is 10.2. The maximum absolute atomic E-state index is 13.0. The SMILES string of the molecule is O=C(O)c1c(F)ccc(S(=O)[O-])c1F. The Balaban J connectivity index is 3.49. The normalized spacial score (nSPS) is 12.5. The molecule has 1 atom stereocenters. The van der Waals surface area contributed by atoms with E-state index in [4.69, 9.17) is 5.11 Å². The fourth-order valence-electron chi connectivity index (χ4n) is 0.858. The minimum absolute atomic E-state index is 0.581. The third-order valence-corrected chi connectivity index (χ3v) is 2.12. The molecule has 0 saturated carbocycles. The lowest BCUT2D eigenvalue weighted by molar-refractivity contribution is 0.0685. The third-order valence-electron chi connectivity index (χ3n) is 1.45. The smallest absolute Gasteiger partial charge is 0.341 e. The summed E-state index contributed by atoms with van der Waals surface area (Å²) in [6.07, 6.45) is 0. The minimum atomic E-state index is -2.93. The molecule has 0 aliphatic rings. The predicted molar refractivity (Wildman–Crippen MR) is 40.5 cm³/mol. The van der Waals surface area contributed by atoms with Crippen LogP contribution in [0.1, 0.15) is 10.4 Å². The summed E-state index contributed by atoms with van der Waals surface area (Å²) in [6, 6.07) is 1.23. The Bertz CT molecular complexity index is 418. The third kappa shape index (κ3) is 1.78. The van der Waals surface area contributed by atoms with Crippen molar-refractivity contribution >= 4 is 17.0 Å². The number of aromatic carboxylic acids is 1. The van der Waals surface area contributed by atoms with E-state index >= 15 is 0 Å². The predicted octanol–water partition coefficient (Wildman–Crippen LogP) is 0.901. The van der Waals surface area contributed by atoms with E-state index in [0.29, 0.717) is 12.1 Å². The Hall–Kier alpha value is -1.34. The Kier molecular flexibility index (Phi) is 2.92. The first-order valence-corrected chi connectivity index (χ1v) is 4.33. The van der Waals surface area contributed by atoms with Gasteiger partial charge in [0.25, 0.3) is 0 Å². The van der Waals surface area contributed by atoms with Gasteiger partial charge in [0, 0.05) is 0 Å². The molecule has 76 valence electrons. The van der Waals surface area contributed by atoms with E-state index in [9.17, 15) is 22.3 Å². The molecule has 1 aromatic carbocycles. The minimum Gasteiger partial charge on any atom is -0.768 e. The highest BCUT2D eigenvalue weighted by Gasteiger charge is 2.19. The first-order valence-electron chi connectivity index (χ1n) is 3.25. The molecule has 1 aromatic rings. The van der Waals surface area contributed by atoms with Gasteiger partial charge in [-0.05, 0) is 23.2 Å². The summed E-state index contributed by atoms with van der Waals surface area (Å²) in [5, 5.41) is 8.37. The molecule has 1 N–H and O–H groups in total. The van der Waals surface area contributed by atoms with Crippen LogP contribution in [-0.2, 0) is 11.1 Å². The number of rotatable bonds is 2. The van der Waals surface area contributed by atoms with Crippen LogP contribution in [0, 0.1) is 11.6 Å². The summed E-state index contributed by atoms with van der Waals surface area (Å²) < 4.78 is 46.4. The van der Waals surface area contributed by atoms with Crippen molar-refractivity contribution < 1.29 is 27.4 Å². The van der Waals surface area contributed by atoms with Crippen molar-refractivity contribution in [3.8, 4) is 0 Å². The Morgan fingerprint density at radius 2 is 2.00 bits per heavy atom. The summed E-state index contributed by atoms with van der Waals surface area (Å²) in [5.41, 5.74) is -1.27. The van der Waals surface area contributed by atoms with Gasteiger partial charge in [0.15, 0.2) is 5.82 Å². The number of carbonyl (C=O) groups is 1. The second kappa shape index (κ2) is 3.81. The van der Waals surface area contributed by atoms with Crippen molar-refractivity contribution in [1.29, 1.82) is 0 Å². The second-order valence-corrected chi connectivity index (χ2v) is 3.18. The molecule has 0 bridgehead atoms. The Morgan fingerprint density at radius 1 is 1.43 bits per heavy atom. The van der Waals surface area contributed by atoms with Crippen molar-refractivity contribution in [1.82, 2.24) is 0 Å². The molecule has 0 aliphatic carbocycles. The van der Waals surface area contributed by atoms with Crippen molar-refractivity contribution in [3.63, 3.8) is 0 Å². The number of hydrogen-bond acceptors (Lipinski definition) is 3. The van der Waals surface area contributed by atoms with Gasteiger partial charge in [-0.15, -0.1) is 0 Å². The van der Waals surface area contributed by atoms with Gasteiger partial charge in [-0.1, -0.05) is 0 Å². The van der Waals surface area contributed by atoms with Crippen LogP contribution in [0.25, 0.3) is 0 Å². The largest absolute Gasteiger partial charge is 0.768 e. The quantitative estimate of drug-likeness (QED) is 0.752. The molecule has 0 heterocycles. The molecule has 7 heteroatoms. The molecule has 0 aliphatic heterocycles. The summed E-state index contributed by atoms with van der Waals surface area (Å²) in [4.78, 5) is 9.46. The molecule has 1 rings (SSSR count). The monoisotopic (exact) mass is 221 g/mol. The molecule has 0 saturated heterocycles. The van der Waals surface area contributed by atoms with Crippen LogP contribution < -0.4 is 0 Å². The van der Waals surface area contributed by atoms with Crippen LogP contribution in [-0.4, -0.2) is 19.8 Å². The lowest BCUT2D eigenvalue weighted by Crippen LogP contribution is -2.08. The maximum atomic E-state index is 13.0. The Morgan fingerprint density at radius 3 is 2.43 bits per heavy atom. The topological polar surface area (TPSA) is 77.4 Å². The van der Waals surface area contributed by atoms with Gasteiger partial charge >= 0.3 is 5.97 Å². The highest BCUT2D eigenvalue weighted by Crippen LogP contribution is 2.18. The van der Waals surface area contributed by atoms with Gasteiger partial charge in [-0.25, -0.2) is 13.6 Å². The molecule has 0 fully saturated rings. The molecule has 14 heavy (non-hydrogen) atoms. The Labute approximate surface area is 79.5 Å². The molecule has 4 nitrogen and oxygen atoms in total. The number of halogens is 2. The second-order valence-electron chi connectivity index (χ2n) is 2.27. The first kappa shape index (κ1) is 10.7. The van der Waals surface area contributed by atoms with Gasteiger partial charge in [-0.2, -0.15) is 0 Å². The first-order chi connectivity index (χ1) is 6.45. The van der Waals surface area contributed by atoms with E-state index < -0.39 is 39.1 Å². The standard InChI is InChI=1S/C7H4F2O4S/c8-3-1-2-4(14(12)13)6(9)5(3)7(10)11/h1-2H,(H,10,11)(H,12,13)/p-1. The maximum Gasteiger partial charge on any atom is 0.341 e. The van der Waals surface area contributed by atoms with Crippen LogP contribution in [0.5, 0.6) is 0 Å². The average Bonchev–Trinajstić information content (AvgIpc) is 2.02. The molecular formula is C7H3F2O4S-. The molecule has 0 aromatic heterocycles. The molecular weight excluding hydrogens is 218 g/mol. The van der Waals surface area contributed by atoms with Crippen molar-refractivity contribution in [2.24, 2.45) is 0 Å². The number of carboxylic acids is 1. The van der Waals surface area contributed by atoms with Crippen molar-refractivity contribution in [3.05, 3.63) is 29.3 Å². The van der Waals surface area contributed by atoms with E-state index in [2.05, 4.69) is 0 Å². The van der Waals surface area contributed by atoms with Crippen LogP contribution in [0.15, 0.2) is 17.0 Å². The average molecular weight is 221 g/mol. The number of carboxylic acid groups (broad SMARTS) is 1. The zero-order chi connectivity index (χ0) is 10.9. The van der Waals surface area contributed by atoms with Crippen LogP contribution in [0.4, 0.5) is 8.78 Å². The lowest BCUT2D eigenvalue weighted by Gasteiger charge is -2.08. The van der Waals surface area contributed by atoms with E-state index in [1.54, 1.807) is 0 Å². The highest BCUT2D eigenvalue weighted by atomic mass is 32.2. The van der Waals surface area contributed by atoms with Gasteiger partial charge in [-0.3, -0.25) is 4.21 Å². The van der Waals surface area contributed by atoms with E-state index in [1.807, 2.05) is 0 Å². The highest BCUT2D eigenvalue weighted by molar-refractivity contribution is 7.79. The fraction of sp³-hybridized carbons (Fsp3) is 0. The summed E-state index contributed by atoms with van der Waals surface area (Å²) in [5.74, 6) is -4.76. The van der Waals surface area contributed by atoms with Gasteiger partial charge in [0.05, 0.1) is 4.90 Å². The van der Waals surface area contributed by atoms with Crippen LogP contribution in [0.2, 0.25) is 0 Å². The van der Waals surface area contributed by atoms with Crippen molar-refractivity contribution in [2.45, 2.75) is 4.90 Å². The fourth-order valence-corrected chi connectivity index (χ4v) is 1.29. The number of benzene rings is 1. The van der Waals surface area contributed by atoms with Crippen LogP contribution in [0.3, 0.4) is 0 Å². The van der Waals surface area contributed by atoms with E-state index in [1.165, 1.54) is 0 Å². The molecule has 1 unspecified atom stereocenters.